The van der Waals surface area contributed by atoms with Gasteiger partial charge in [0.05, 0.1) is 4.90 Å². The van der Waals surface area contributed by atoms with Gasteiger partial charge < -0.3 is 10.1 Å². The summed E-state index contributed by atoms with van der Waals surface area (Å²) in [6.45, 7) is 2.18. The van der Waals surface area contributed by atoms with Crippen molar-refractivity contribution < 1.29 is 22.7 Å². The molecular weight excluding hydrogens is 368 g/mol. The first-order valence-corrected chi connectivity index (χ1v) is 9.83. The Balaban J connectivity index is 2.05. The summed E-state index contributed by atoms with van der Waals surface area (Å²) in [5.41, 5.74) is 1.29. The lowest BCUT2D eigenvalue weighted by molar-refractivity contribution is 0.101. The molecule has 0 fully saturated rings. The SMILES string of the molecule is COCCCNS(=O)(=O)c1ccc(C(=O)Nc2cccc(C(C)=O)c2)cc1. The van der Waals surface area contributed by atoms with Crippen LogP contribution >= 0.6 is 0 Å². The average Bonchev–Trinajstić information content (AvgIpc) is 2.65. The van der Waals surface area contributed by atoms with E-state index in [1.807, 2.05) is 0 Å². The minimum Gasteiger partial charge on any atom is -0.385 e. The van der Waals surface area contributed by atoms with Crippen molar-refractivity contribution >= 4 is 27.4 Å². The van der Waals surface area contributed by atoms with Crippen LogP contribution in [0.25, 0.3) is 0 Å². The first kappa shape index (κ1) is 20.8. The Bertz CT molecular complexity index is 908. The molecule has 2 aromatic rings. The molecule has 0 spiro atoms. The number of sulfonamides is 1. The molecule has 2 aromatic carbocycles. The molecule has 0 saturated carbocycles. The summed E-state index contributed by atoms with van der Waals surface area (Å²) in [4.78, 5) is 23.8. The van der Waals surface area contributed by atoms with Gasteiger partial charge in [0, 0.05) is 37.1 Å². The molecule has 0 atom stereocenters. The second-order valence-electron chi connectivity index (χ2n) is 5.86. The molecule has 2 N–H and O–H groups in total. The number of carbonyl (C=O) groups is 2. The van der Waals surface area contributed by atoms with Crippen molar-refractivity contribution in [3.63, 3.8) is 0 Å². The Morgan fingerprint density at radius 3 is 2.37 bits per heavy atom. The molecule has 0 bridgehead atoms. The van der Waals surface area contributed by atoms with Crippen molar-refractivity contribution in [2.75, 3.05) is 25.6 Å². The van der Waals surface area contributed by atoms with E-state index in [9.17, 15) is 18.0 Å². The lowest BCUT2D eigenvalue weighted by Gasteiger charge is -2.09. The van der Waals surface area contributed by atoms with E-state index in [4.69, 9.17) is 4.74 Å². The Morgan fingerprint density at radius 2 is 1.74 bits per heavy atom. The predicted octanol–water partition coefficient (Wildman–Crippen LogP) is 2.46. The number of ketones is 1. The highest BCUT2D eigenvalue weighted by atomic mass is 32.2. The standard InChI is InChI=1S/C19H22N2O5S/c1-14(22)16-5-3-6-17(13-16)21-19(23)15-7-9-18(10-8-15)27(24,25)20-11-4-12-26-2/h3,5-10,13,20H,4,11-12H2,1-2H3,(H,21,23). The van der Waals surface area contributed by atoms with Crippen LogP contribution in [0.2, 0.25) is 0 Å². The lowest BCUT2D eigenvalue weighted by atomic mass is 10.1. The van der Waals surface area contributed by atoms with Crippen LogP contribution in [-0.2, 0) is 14.8 Å². The number of Topliss-reactive ketones (excluding diaryl/α,β-unsaturated/α-hetero) is 1. The average molecular weight is 390 g/mol. The minimum absolute atomic E-state index is 0.0787. The van der Waals surface area contributed by atoms with Crippen molar-refractivity contribution in [2.45, 2.75) is 18.2 Å². The first-order chi connectivity index (χ1) is 12.8. The van der Waals surface area contributed by atoms with Crippen LogP contribution < -0.4 is 10.0 Å². The zero-order chi connectivity index (χ0) is 19.9. The van der Waals surface area contributed by atoms with E-state index >= 15 is 0 Å². The molecule has 2 rings (SSSR count). The topological polar surface area (TPSA) is 102 Å². The maximum atomic E-state index is 12.3. The van der Waals surface area contributed by atoms with Crippen molar-refractivity contribution in [1.29, 1.82) is 0 Å². The van der Waals surface area contributed by atoms with Crippen LogP contribution in [0.5, 0.6) is 0 Å². The molecule has 0 unspecified atom stereocenters. The van der Waals surface area contributed by atoms with Crippen molar-refractivity contribution in [1.82, 2.24) is 4.72 Å². The number of anilines is 1. The molecule has 0 aliphatic carbocycles. The minimum atomic E-state index is -3.63. The van der Waals surface area contributed by atoms with Crippen LogP contribution in [0, 0.1) is 0 Å². The van der Waals surface area contributed by atoms with Gasteiger partial charge >= 0.3 is 0 Å². The Morgan fingerprint density at radius 1 is 1.04 bits per heavy atom. The van der Waals surface area contributed by atoms with Gasteiger partial charge in [0.25, 0.3) is 5.91 Å². The second kappa shape index (κ2) is 9.40. The summed E-state index contributed by atoms with van der Waals surface area (Å²) in [5, 5.41) is 2.69. The highest BCUT2D eigenvalue weighted by Crippen LogP contribution is 2.15. The molecule has 27 heavy (non-hydrogen) atoms. The summed E-state index contributed by atoms with van der Waals surface area (Å²) in [7, 11) is -2.08. The van der Waals surface area contributed by atoms with E-state index in [2.05, 4.69) is 10.0 Å². The molecule has 0 aromatic heterocycles. The van der Waals surface area contributed by atoms with Crippen LogP contribution in [0.15, 0.2) is 53.4 Å². The third-order valence-electron chi connectivity index (χ3n) is 3.77. The van der Waals surface area contributed by atoms with Gasteiger partial charge in [-0.05, 0) is 49.7 Å². The van der Waals surface area contributed by atoms with E-state index in [-0.39, 0.29) is 17.2 Å². The monoisotopic (exact) mass is 390 g/mol. The number of hydrogen-bond acceptors (Lipinski definition) is 5. The van der Waals surface area contributed by atoms with Crippen LogP contribution in [0.3, 0.4) is 0 Å². The smallest absolute Gasteiger partial charge is 0.255 e. The summed E-state index contributed by atoms with van der Waals surface area (Å²) in [5.74, 6) is -0.494. The van der Waals surface area contributed by atoms with E-state index in [1.165, 1.54) is 31.2 Å². The number of ether oxygens (including phenoxy) is 1. The maximum absolute atomic E-state index is 12.3. The fourth-order valence-corrected chi connectivity index (χ4v) is 3.39. The zero-order valence-electron chi connectivity index (χ0n) is 15.2. The molecule has 0 aliphatic rings. The van der Waals surface area contributed by atoms with Crippen LogP contribution in [0.1, 0.15) is 34.1 Å². The molecule has 8 heteroatoms. The number of hydrogen-bond donors (Lipinski definition) is 2. The molecule has 1 amide bonds. The Labute approximate surface area is 158 Å². The van der Waals surface area contributed by atoms with Crippen LogP contribution in [-0.4, -0.2) is 40.4 Å². The van der Waals surface area contributed by atoms with Gasteiger partial charge in [-0.2, -0.15) is 0 Å². The zero-order valence-corrected chi connectivity index (χ0v) is 16.0. The van der Waals surface area contributed by atoms with Crippen molar-refractivity contribution in [3.05, 3.63) is 59.7 Å². The molecule has 0 heterocycles. The first-order valence-electron chi connectivity index (χ1n) is 8.34. The second-order valence-corrected chi connectivity index (χ2v) is 7.63. The number of nitrogens with one attached hydrogen (secondary N) is 2. The molecule has 144 valence electrons. The number of methoxy groups -OCH3 is 1. The van der Waals surface area contributed by atoms with Gasteiger partial charge in [0.2, 0.25) is 10.0 Å². The third kappa shape index (κ3) is 5.99. The maximum Gasteiger partial charge on any atom is 0.255 e. The quantitative estimate of drug-likeness (QED) is 0.506. The highest BCUT2D eigenvalue weighted by molar-refractivity contribution is 7.89. The fraction of sp³-hybridized carbons (Fsp3) is 0.263. The van der Waals surface area contributed by atoms with Crippen LogP contribution in [0.4, 0.5) is 5.69 Å². The van der Waals surface area contributed by atoms with Gasteiger partial charge in [-0.15, -0.1) is 0 Å². The van der Waals surface area contributed by atoms with Crippen molar-refractivity contribution in [3.8, 4) is 0 Å². The van der Waals surface area contributed by atoms with Crippen molar-refractivity contribution in [2.24, 2.45) is 0 Å². The summed E-state index contributed by atoms with van der Waals surface area (Å²) < 4.78 is 31.7. The van der Waals surface area contributed by atoms with E-state index < -0.39 is 15.9 Å². The van der Waals surface area contributed by atoms with Gasteiger partial charge in [-0.3, -0.25) is 9.59 Å². The lowest BCUT2D eigenvalue weighted by Crippen LogP contribution is -2.25. The summed E-state index contributed by atoms with van der Waals surface area (Å²) in [6, 6.07) is 12.2. The van der Waals surface area contributed by atoms with Gasteiger partial charge in [0.1, 0.15) is 0 Å². The van der Waals surface area contributed by atoms with Gasteiger partial charge in [-0.25, -0.2) is 13.1 Å². The Hall–Kier alpha value is -2.55. The number of carbonyl (C=O) groups excluding carboxylic acids is 2. The highest BCUT2D eigenvalue weighted by Gasteiger charge is 2.14. The number of rotatable bonds is 9. The molecule has 0 saturated heterocycles. The van der Waals surface area contributed by atoms with Gasteiger partial charge in [0.15, 0.2) is 5.78 Å². The summed E-state index contributed by atoms with van der Waals surface area (Å²) >= 11 is 0. The third-order valence-corrected chi connectivity index (χ3v) is 5.25. The molecular formula is C19H22N2O5S. The molecule has 7 nitrogen and oxygen atoms in total. The molecule has 0 radical (unpaired) electrons. The van der Waals surface area contributed by atoms with E-state index in [0.717, 1.165) is 0 Å². The number of amides is 1. The summed E-state index contributed by atoms with van der Waals surface area (Å²) in [6.07, 6.45) is 0.565. The van der Waals surface area contributed by atoms with E-state index in [0.29, 0.717) is 29.8 Å². The largest absolute Gasteiger partial charge is 0.385 e. The van der Waals surface area contributed by atoms with E-state index in [1.54, 1.807) is 31.4 Å². The predicted molar refractivity (Wildman–Crippen MR) is 103 cm³/mol. The normalized spacial score (nSPS) is 11.2. The Kier molecular flexibility index (Phi) is 7.23. The fourth-order valence-electron chi connectivity index (χ4n) is 2.31. The number of benzene rings is 2. The molecule has 0 aliphatic heterocycles. The van der Waals surface area contributed by atoms with Gasteiger partial charge in [-0.1, -0.05) is 12.1 Å².